The zero-order valence-electron chi connectivity index (χ0n) is 23.5. The van der Waals surface area contributed by atoms with Crippen molar-refractivity contribution in [1.82, 2.24) is 14.1 Å². The molecule has 1 aliphatic rings. The normalized spacial score (nSPS) is 14.9. The van der Waals surface area contributed by atoms with Crippen molar-refractivity contribution in [3.8, 4) is 10.8 Å². The Labute approximate surface area is 222 Å². The Hall–Kier alpha value is -2.68. The van der Waals surface area contributed by atoms with Crippen LogP contribution in [0.1, 0.15) is 92.6 Å². The zero-order valence-corrected chi connectivity index (χ0v) is 24.3. The summed E-state index contributed by atoms with van der Waals surface area (Å²) < 4.78 is 13.9. The molecule has 204 valence electrons. The third-order valence-electron chi connectivity index (χ3n) is 6.78. The summed E-state index contributed by atoms with van der Waals surface area (Å²) >= 11 is 1.34. The van der Waals surface area contributed by atoms with Gasteiger partial charge in [-0.25, -0.2) is 19.1 Å². The second-order valence-corrected chi connectivity index (χ2v) is 12.0. The van der Waals surface area contributed by atoms with Crippen LogP contribution >= 0.6 is 11.3 Å². The first-order valence-corrected chi connectivity index (χ1v) is 14.2. The van der Waals surface area contributed by atoms with Crippen LogP contribution in [-0.4, -0.2) is 25.7 Å². The number of hydrogen-bond acceptors (Lipinski definition) is 7. The molecule has 1 aliphatic carbocycles. The van der Waals surface area contributed by atoms with E-state index in [4.69, 9.17) is 9.15 Å². The van der Waals surface area contributed by atoms with E-state index >= 15 is 0 Å². The van der Waals surface area contributed by atoms with Crippen molar-refractivity contribution in [3.63, 3.8) is 0 Å². The molecule has 37 heavy (non-hydrogen) atoms. The highest BCUT2D eigenvalue weighted by Gasteiger charge is 2.39. The van der Waals surface area contributed by atoms with E-state index in [-0.39, 0.29) is 0 Å². The van der Waals surface area contributed by atoms with Crippen molar-refractivity contribution in [2.75, 3.05) is 0 Å². The van der Waals surface area contributed by atoms with E-state index in [1.54, 1.807) is 45.4 Å². The number of rotatable bonds is 6. The van der Waals surface area contributed by atoms with Gasteiger partial charge in [0.15, 0.2) is 0 Å². The van der Waals surface area contributed by atoms with Crippen molar-refractivity contribution in [2.24, 2.45) is 5.92 Å². The maximum Gasteiger partial charge on any atom is 0.333 e. The van der Waals surface area contributed by atoms with Gasteiger partial charge in [0.2, 0.25) is 5.89 Å². The Kier molecular flexibility index (Phi) is 8.88. The lowest BCUT2D eigenvalue weighted by molar-refractivity contribution is -0.164. The highest BCUT2D eigenvalue weighted by molar-refractivity contribution is 7.22. The summed E-state index contributed by atoms with van der Waals surface area (Å²) in [7, 11) is 0. The van der Waals surface area contributed by atoms with Gasteiger partial charge in [0.25, 0.3) is 5.56 Å². The number of carbonyl (C=O) groups excluding carboxylic acids is 1. The minimum absolute atomic E-state index is 0.410. The molecule has 3 aromatic heterocycles. The topological polar surface area (TPSA) is 96.3 Å². The summed E-state index contributed by atoms with van der Waals surface area (Å²) in [6.45, 7) is 14.7. The van der Waals surface area contributed by atoms with Gasteiger partial charge in [-0.05, 0) is 59.4 Å². The van der Waals surface area contributed by atoms with Gasteiger partial charge >= 0.3 is 11.7 Å². The van der Waals surface area contributed by atoms with Crippen molar-refractivity contribution >= 4 is 27.5 Å². The maximum absolute atomic E-state index is 13.9. The van der Waals surface area contributed by atoms with Gasteiger partial charge in [-0.3, -0.25) is 9.36 Å². The van der Waals surface area contributed by atoms with Gasteiger partial charge in [-0.1, -0.05) is 46.0 Å². The number of esters is 1. The van der Waals surface area contributed by atoms with Crippen molar-refractivity contribution in [1.29, 1.82) is 0 Å². The lowest BCUT2D eigenvalue weighted by Crippen LogP contribution is -2.54. The predicted octanol–water partition coefficient (Wildman–Crippen LogP) is 6.26. The summed E-state index contributed by atoms with van der Waals surface area (Å²) in [4.78, 5) is 46.4. The molecule has 0 aromatic carbocycles. The van der Waals surface area contributed by atoms with E-state index in [0.29, 0.717) is 39.0 Å². The third kappa shape index (κ3) is 5.92. The summed E-state index contributed by atoms with van der Waals surface area (Å²) in [5.74, 6) is 0.340. The first-order chi connectivity index (χ1) is 17.4. The minimum atomic E-state index is -1.49. The van der Waals surface area contributed by atoms with E-state index in [2.05, 4.69) is 4.98 Å². The van der Waals surface area contributed by atoms with E-state index in [1.807, 2.05) is 20.8 Å². The number of carbonyl (C=O) groups is 1. The number of nitrogens with zero attached hydrogens (tertiary/aromatic N) is 3. The molecular weight excluding hydrogens is 490 g/mol. The number of thiophene rings is 1. The zero-order chi connectivity index (χ0) is 27.5. The summed E-state index contributed by atoms with van der Waals surface area (Å²) in [6, 6.07) is 0. The largest absolute Gasteiger partial charge is 0.458 e. The third-order valence-corrected chi connectivity index (χ3v) is 8.08. The molecule has 3 heterocycles. The van der Waals surface area contributed by atoms with Crippen LogP contribution in [0.5, 0.6) is 0 Å². The SMILES string of the molecule is CC.Cc1c(-c2ncco2)sc2c1c(=O)n(C(C)(C)C(=O)OC(C)(C)C)c(=O)n2CCC1CCCCC1. The molecule has 0 saturated heterocycles. The molecule has 9 heteroatoms. The van der Waals surface area contributed by atoms with Gasteiger partial charge in [0.05, 0.1) is 16.5 Å². The van der Waals surface area contributed by atoms with Crippen molar-refractivity contribution < 1.29 is 13.9 Å². The molecule has 3 aromatic rings. The van der Waals surface area contributed by atoms with Crippen LogP contribution in [0.3, 0.4) is 0 Å². The second-order valence-electron chi connectivity index (χ2n) is 11.0. The summed E-state index contributed by atoms with van der Waals surface area (Å²) in [5.41, 5.74) is -2.54. The number of aromatic nitrogens is 3. The number of ether oxygens (including phenoxy) is 1. The van der Waals surface area contributed by atoms with Gasteiger partial charge in [0, 0.05) is 6.54 Å². The number of hydrogen-bond donors (Lipinski definition) is 0. The van der Waals surface area contributed by atoms with Crippen LogP contribution in [-0.2, 0) is 21.6 Å². The number of aryl methyl sites for hydroxylation is 2. The molecule has 8 nitrogen and oxygen atoms in total. The quantitative estimate of drug-likeness (QED) is 0.348. The monoisotopic (exact) mass is 531 g/mol. The van der Waals surface area contributed by atoms with Gasteiger partial charge < -0.3 is 9.15 Å². The van der Waals surface area contributed by atoms with Crippen LogP contribution in [0.25, 0.3) is 21.0 Å². The first kappa shape index (κ1) is 28.9. The minimum Gasteiger partial charge on any atom is -0.458 e. The van der Waals surface area contributed by atoms with Crippen molar-refractivity contribution in [2.45, 2.75) is 112 Å². The first-order valence-electron chi connectivity index (χ1n) is 13.3. The summed E-state index contributed by atoms with van der Waals surface area (Å²) in [6.07, 6.45) is 9.90. The Balaban J connectivity index is 0.00000186. The molecule has 0 N–H and O–H groups in total. The molecule has 0 bridgehead atoms. The fraction of sp³-hybridized carbons (Fsp3) is 0.643. The fourth-order valence-corrected chi connectivity index (χ4v) is 6.12. The molecule has 1 saturated carbocycles. The average Bonchev–Trinajstić information content (AvgIpc) is 3.48. The molecule has 1 fully saturated rings. The molecule has 0 unspecified atom stereocenters. The van der Waals surface area contributed by atoms with Crippen LogP contribution in [0.2, 0.25) is 0 Å². The van der Waals surface area contributed by atoms with Crippen molar-refractivity contribution in [3.05, 3.63) is 38.9 Å². The predicted molar refractivity (Wildman–Crippen MR) is 148 cm³/mol. The molecule has 0 radical (unpaired) electrons. The lowest BCUT2D eigenvalue weighted by atomic mass is 9.87. The smallest absolute Gasteiger partial charge is 0.333 e. The molecular formula is C28H41N3O5S. The van der Waals surface area contributed by atoms with Crippen LogP contribution in [0, 0.1) is 12.8 Å². The average molecular weight is 532 g/mol. The Morgan fingerprint density at radius 3 is 2.35 bits per heavy atom. The highest BCUT2D eigenvalue weighted by atomic mass is 32.1. The second kappa shape index (κ2) is 11.4. The van der Waals surface area contributed by atoms with E-state index in [9.17, 15) is 14.4 Å². The fourth-order valence-electron chi connectivity index (χ4n) is 4.86. The van der Waals surface area contributed by atoms with Crippen LogP contribution in [0.15, 0.2) is 26.5 Å². The molecule has 0 amide bonds. The summed E-state index contributed by atoms with van der Waals surface area (Å²) in [5, 5.41) is 0.420. The van der Waals surface area contributed by atoms with E-state index in [1.165, 1.54) is 36.9 Å². The Bertz CT molecular complexity index is 1330. The van der Waals surface area contributed by atoms with E-state index < -0.39 is 28.4 Å². The number of fused-ring (bicyclic) bond motifs is 1. The Morgan fingerprint density at radius 1 is 1.14 bits per heavy atom. The maximum atomic E-state index is 13.9. The molecule has 4 rings (SSSR count). The van der Waals surface area contributed by atoms with Crippen LogP contribution in [0.4, 0.5) is 0 Å². The lowest BCUT2D eigenvalue weighted by Gasteiger charge is -2.30. The van der Waals surface area contributed by atoms with Crippen LogP contribution < -0.4 is 11.2 Å². The molecule has 0 aliphatic heterocycles. The molecule has 0 atom stereocenters. The van der Waals surface area contributed by atoms with Gasteiger partial charge in [-0.2, -0.15) is 0 Å². The standard InChI is InChI=1S/C26H35N3O5S.C2H6/c1-16-18-21(30)29(26(5,6)23(31)34-25(2,3)4)24(32)28(14-12-17-10-8-7-9-11-17)22(18)35-19(16)20-27-13-15-33-20;1-2/h13,15,17H,7-12,14H2,1-6H3;1-2H3. The van der Waals surface area contributed by atoms with E-state index in [0.717, 1.165) is 23.8 Å². The van der Waals surface area contributed by atoms with Gasteiger partial charge in [-0.15, -0.1) is 11.3 Å². The van der Waals surface area contributed by atoms with Gasteiger partial charge in [0.1, 0.15) is 22.2 Å². The number of oxazole rings is 1. The highest BCUT2D eigenvalue weighted by Crippen LogP contribution is 2.36. The Morgan fingerprint density at radius 2 is 1.78 bits per heavy atom. The molecule has 0 spiro atoms.